The second-order valence-electron chi connectivity index (χ2n) is 13.1. The van der Waals surface area contributed by atoms with Crippen molar-refractivity contribution in [1.29, 1.82) is 0 Å². The maximum atomic E-state index is 15.3. The molecule has 0 saturated carbocycles. The van der Waals surface area contributed by atoms with Gasteiger partial charge in [-0.3, -0.25) is 34.3 Å². The zero-order valence-corrected chi connectivity index (χ0v) is 28.9. The molecule has 3 heterocycles. The van der Waals surface area contributed by atoms with Crippen molar-refractivity contribution in [2.75, 3.05) is 37.0 Å². The lowest BCUT2D eigenvalue weighted by Crippen LogP contribution is -2.54. The van der Waals surface area contributed by atoms with Gasteiger partial charge in [0.15, 0.2) is 0 Å². The maximum Gasteiger partial charge on any atom is 0.262 e. The quantitative estimate of drug-likeness (QED) is 0.117. The average Bonchev–Trinajstić information content (AvgIpc) is 3.37. The number of carbonyl (C=O) groups is 4. The fraction of sp³-hybridized carbons (Fsp3) is 0.250. The van der Waals surface area contributed by atoms with Crippen molar-refractivity contribution in [3.05, 3.63) is 124 Å². The largest absolute Gasteiger partial charge is 0.508 e. The highest BCUT2D eigenvalue weighted by Crippen LogP contribution is 2.37. The van der Waals surface area contributed by atoms with Crippen LogP contribution in [0.25, 0.3) is 11.1 Å². The van der Waals surface area contributed by atoms with E-state index in [0.29, 0.717) is 38.5 Å². The van der Waals surface area contributed by atoms with Gasteiger partial charge in [0.2, 0.25) is 11.8 Å². The van der Waals surface area contributed by atoms with Crippen molar-refractivity contribution in [2.24, 2.45) is 0 Å². The van der Waals surface area contributed by atoms with E-state index < -0.39 is 35.5 Å². The van der Waals surface area contributed by atoms with Crippen LogP contribution in [0.4, 0.5) is 10.1 Å². The molecule has 0 aromatic heterocycles. The van der Waals surface area contributed by atoms with Crippen molar-refractivity contribution in [3.63, 3.8) is 0 Å². The highest BCUT2D eigenvalue weighted by Gasteiger charge is 2.45. The molecule has 3 aliphatic heterocycles. The number of phenols is 2. The second kappa shape index (κ2) is 14.6. The van der Waals surface area contributed by atoms with Crippen LogP contribution < -0.4 is 10.2 Å². The fourth-order valence-corrected chi connectivity index (χ4v) is 7.40. The number of halogens is 2. The zero-order valence-electron chi connectivity index (χ0n) is 28.1. The number of piperidine rings is 1. The molecule has 3 N–H and O–H groups in total. The molecule has 12 heteroatoms. The van der Waals surface area contributed by atoms with Gasteiger partial charge in [-0.1, -0.05) is 36.4 Å². The number of fused-ring (bicyclic) bond motifs is 1. The lowest BCUT2D eigenvalue weighted by molar-refractivity contribution is -0.136. The molecule has 266 valence electrons. The predicted octanol–water partition coefficient (Wildman–Crippen LogP) is 5.55. The van der Waals surface area contributed by atoms with Gasteiger partial charge in [0, 0.05) is 56.3 Å². The van der Waals surface area contributed by atoms with E-state index in [9.17, 15) is 29.4 Å². The number of benzene rings is 4. The van der Waals surface area contributed by atoms with Gasteiger partial charge in [-0.2, -0.15) is 0 Å². The van der Waals surface area contributed by atoms with Gasteiger partial charge in [0.25, 0.3) is 11.8 Å². The van der Waals surface area contributed by atoms with Crippen LogP contribution in [0.5, 0.6) is 11.5 Å². The number of hydrogen-bond donors (Lipinski definition) is 3. The Labute approximate surface area is 304 Å². The summed E-state index contributed by atoms with van der Waals surface area (Å²) in [5.41, 5.74) is 6.10. The number of alkyl halides is 1. The number of piperazine rings is 1. The Balaban J connectivity index is 1.06. The fourth-order valence-electron chi connectivity index (χ4n) is 7.21. The van der Waals surface area contributed by atoms with E-state index in [4.69, 9.17) is 11.6 Å². The minimum atomic E-state index is -1.11. The summed E-state index contributed by atoms with van der Waals surface area (Å²) in [7, 11) is 0. The molecule has 7 rings (SSSR count). The summed E-state index contributed by atoms with van der Waals surface area (Å²) < 4.78 is 15.3. The Morgan fingerprint density at radius 1 is 0.769 bits per heavy atom. The molecule has 4 amide bonds. The maximum absolute atomic E-state index is 15.3. The molecule has 4 aromatic rings. The minimum Gasteiger partial charge on any atom is -0.508 e. The summed E-state index contributed by atoms with van der Waals surface area (Å²) in [5.74, 6) is -2.43. The number of hydrogen-bond acceptors (Lipinski definition) is 8. The topological polar surface area (TPSA) is 130 Å². The Hall–Kier alpha value is -5.52. The highest BCUT2D eigenvalue weighted by molar-refractivity contribution is 6.23. The summed E-state index contributed by atoms with van der Waals surface area (Å²) in [6.45, 7) is 2.86. The number of phenolic OH excluding ortho intramolecular Hbond substituents is 2. The first-order chi connectivity index (χ1) is 25.1. The number of allylic oxidation sites excluding steroid dienone is 1. The monoisotopic (exact) mass is 722 g/mol. The van der Waals surface area contributed by atoms with Gasteiger partial charge < -0.3 is 15.1 Å². The molecule has 1 atom stereocenters. The van der Waals surface area contributed by atoms with Crippen molar-refractivity contribution >= 4 is 52.1 Å². The van der Waals surface area contributed by atoms with E-state index in [1.807, 2.05) is 24.3 Å². The number of rotatable bonds is 9. The molecule has 2 saturated heterocycles. The first kappa shape index (κ1) is 34.9. The Morgan fingerprint density at radius 3 is 1.90 bits per heavy atom. The van der Waals surface area contributed by atoms with Gasteiger partial charge in [0.05, 0.1) is 11.1 Å². The van der Waals surface area contributed by atoms with Crippen molar-refractivity contribution in [3.8, 4) is 11.5 Å². The smallest absolute Gasteiger partial charge is 0.262 e. The predicted molar refractivity (Wildman–Crippen MR) is 194 cm³/mol. The van der Waals surface area contributed by atoms with E-state index >= 15 is 4.39 Å². The van der Waals surface area contributed by atoms with Gasteiger partial charge >= 0.3 is 0 Å². The zero-order chi connectivity index (χ0) is 36.5. The summed E-state index contributed by atoms with van der Waals surface area (Å²) in [6, 6.07) is 23.7. The van der Waals surface area contributed by atoms with E-state index in [2.05, 4.69) is 39.4 Å². The van der Waals surface area contributed by atoms with Gasteiger partial charge in [-0.25, -0.2) is 4.39 Å². The SMILES string of the molecule is O=C1CCC(N2C(=O)c3cc(F)c(CN4CCN(c5ccc(C(=C(CCCl)c6ccc(O)cc6)c6ccc(O)cc6)cc5)CC4)cc3C2=O)C(=O)N1. The molecule has 3 aliphatic rings. The van der Waals surface area contributed by atoms with Crippen LogP contribution in [-0.4, -0.2) is 81.7 Å². The summed E-state index contributed by atoms with van der Waals surface area (Å²) in [6.07, 6.45) is 0.622. The summed E-state index contributed by atoms with van der Waals surface area (Å²) >= 11 is 6.29. The molecule has 0 bridgehead atoms. The van der Waals surface area contributed by atoms with Crippen molar-refractivity contribution < 1.29 is 33.8 Å². The number of amides is 4. The third-order valence-electron chi connectivity index (χ3n) is 9.91. The summed E-state index contributed by atoms with van der Waals surface area (Å²) in [4.78, 5) is 55.5. The molecule has 4 aromatic carbocycles. The van der Waals surface area contributed by atoms with Crippen LogP contribution >= 0.6 is 11.6 Å². The summed E-state index contributed by atoms with van der Waals surface area (Å²) in [5, 5.41) is 22.1. The number of aromatic hydroxyl groups is 2. The normalized spacial score (nSPS) is 18.4. The number of nitrogens with zero attached hydrogens (tertiary/aromatic N) is 3. The van der Waals surface area contributed by atoms with Crippen LogP contribution in [0.15, 0.2) is 84.9 Å². The van der Waals surface area contributed by atoms with Crippen LogP contribution in [0, 0.1) is 5.82 Å². The average molecular weight is 723 g/mol. The lowest BCUT2D eigenvalue weighted by Gasteiger charge is -2.36. The third-order valence-corrected chi connectivity index (χ3v) is 10.1. The molecule has 0 radical (unpaired) electrons. The Kier molecular flexibility index (Phi) is 9.81. The molecule has 0 spiro atoms. The van der Waals surface area contributed by atoms with Crippen LogP contribution in [0.3, 0.4) is 0 Å². The van der Waals surface area contributed by atoms with E-state index in [0.717, 1.165) is 44.5 Å². The molecular weight excluding hydrogens is 687 g/mol. The first-order valence-corrected chi connectivity index (χ1v) is 17.6. The molecule has 52 heavy (non-hydrogen) atoms. The third kappa shape index (κ3) is 6.89. The van der Waals surface area contributed by atoms with Gasteiger partial charge in [0.1, 0.15) is 23.4 Å². The van der Waals surface area contributed by atoms with E-state index in [-0.39, 0.29) is 47.6 Å². The van der Waals surface area contributed by atoms with Gasteiger partial charge in [-0.15, -0.1) is 11.6 Å². The van der Waals surface area contributed by atoms with Crippen LogP contribution in [0.1, 0.15) is 62.2 Å². The Bertz CT molecular complexity index is 2080. The second-order valence-corrected chi connectivity index (χ2v) is 13.5. The standard InChI is InChI=1S/C40H36ClFN4O6/c41-16-15-31(24-3-9-29(47)10-4-24)37(26-5-11-30(48)12-6-26)25-1-7-28(8-2-25)45-19-17-44(18-20-45)23-27-21-32-33(22-34(27)42)40(52)46(39(32)51)35-13-14-36(49)43-38(35)50/h1-12,21-22,35,47-48H,13-20,23H2,(H,43,49,50). The van der Waals surface area contributed by atoms with Crippen LogP contribution in [0.2, 0.25) is 0 Å². The van der Waals surface area contributed by atoms with Crippen LogP contribution in [-0.2, 0) is 16.1 Å². The van der Waals surface area contributed by atoms with Crippen molar-refractivity contribution in [1.82, 2.24) is 15.1 Å². The highest BCUT2D eigenvalue weighted by atomic mass is 35.5. The molecular formula is C40H36ClFN4O6. The van der Waals surface area contributed by atoms with Crippen molar-refractivity contribution in [2.45, 2.75) is 31.8 Å². The minimum absolute atomic E-state index is 0.00789. The number of carbonyl (C=O) groups excluding carboxylic acids is 4. The number of nitrogens with one attached hydrogen (secondary N) is 1. The van der Waals surface area contributed by atoms with E-state index in [1.54, 1.807) is 24.3 Å². The first-order valence-electron chi connectivity index (χ1n) is 17.1. The van der Waals surface area contributed by atoms with Gasteiger partial charge in [-0.05, 0) is 89.2 Å². The molecule has 2 fully saturated rings. The number of imide groups is 2. The molecule has 10 nitrogen and oxygen atoms in total. The lowest BCUT2D eigenvalue weighted by atomic mass is 9.88. The van der Waals surface area contributed by atoms with E-state index in [1.165, 1.54) is 6.07 Å². The molecule has 0 aliphatic carbocycles. The Morgan fingerprint density at radius 2 is 1.33 bits per heavy atom. The molecule has 1 unspecified atom stereocenters. The number of anilines is 1.